The van der Waals surface area contributed by atoms with Crippen LogP contribution in [0.25, 0.3) is 0 Å². The minimum Gasteiger partial charge on any atom is -0.398 e. The smallest absolute Gasteiger partial charge is 0.398 e. The summed E-state index contributed by atoms with van der Waals surface area (Å²) in [7, 11) is 1.70. The first kappa shape index (κ1) is 15.7. The highest BCUT2D eigenvalue weighted by Gasteiger charge is 2.52. The minimum absolute atomic E-state index is 0.352. The summed E-state index contributed by atoms with van der Waals surface area (Å²) in [6.45, 7) is 12.2. The van der Waals surface area contributed by atoms with Crippen LogP contribution in [0.2, 0.25) is 0 Å². The van der Waals surface area contributed by atoms with E-state index in [1.807, 2.05) is 39.8 Å². The van der Waals surface area contributed by atoms with Gasteiger partial charge >= 0.3 is 7.12 Å². The van der Waals surface area contributed by atoms with Gasteiger partial charge in [-0.25, -0.2) is 0 Å². The fourth-order valence-corrected chi connectivity index (χ4v) is 2.63. The summed E-state index contributed by atoms with van der Waals surface area (Å²) < 4.78 is 12.0. The molecule has 2 aliphatic rings. The van der Waals surface area contributed by atoms with Crippen LogP contribution >= 0.6 is 0 Å². The maximum atomic E-state index is 6.00. The van der Waals surface area contributed by atoms with E-state index in [-0.39, 0.29) is 11.2 Å². The first-order chi connectivity index (χ1) is 10.3. The lowest BCUT2D eigenvalue weighted by Crippen LogP contribution is -2.45. The molecule has 1 aromatic heterocycles. The highest BCUT2D eigenvalue weighted by molar-refractivity contribution is 6.61. The zero-order valence-corrected chi connectivity index (χ0v) is 14.2. The summed E-state index contributed by atoms with van der Waals surface area (Å²) in [5, 5.41) is 8.70. The lowest BCUT2D eigenvalue weighted by Gasteiger charge is -2.32. The van der Waals surface area contributed by atoms with E-state index in [0.717, 1.165) is 37.6 Å². The van der Waals surface area contributed by atoms with Gasteiger partial charge in [0.15, 0.2) is 5.82 Å². The average Bonchev–Trinajstić information content (AvgIpc) is 2.68. The molecular formula is C15H25BN4O2. The highest BCUT2D eigenvalue weighted by Crippen LogP contribution is 2.36. The molecule has 0 unspecified atom stereocenters. The molecule has 0 spiro atoms. The van der Waals surface area contributed by atoms with Gasteiger partial charge in [-0.3, -0.25) is 0 Å². The van der Waals surface area contributed by atoms with Crippen molar-refractivity contribution in [3.05, 3.63) is 12.1 Å². The van der Waals surface area contributed by atoms with Gasteiger partial charge < -0.3 is 19.1 Å². The number of hydrogen-bond donors (Lipinski definition) is 0. The fourth-order valence-electron chi connectivity index (χ4n) is 2.63. The Labute approximate surface area is 132 Å². The van der Waals surface area contributed by atoms with E-state index in [4.69, 9.17) is 9.31 Å². The molecule has 120 valence electrons. The Morgan fingerprint density at radius 2 is 1.55 bits per heavy atom. The summed E-state index contributed by atoms with van der Waals surface area (Å²) in [5.74, 6) is 0.924. The molecule has 2 saturated heterocycles. The van der Waals surface area contributed by atoms with Gasteiger partial charge in [0, 0.05) is 26.2 Å². The van der Waals surface area contributed by atoms with Crippen LogP contribution in [0.5, 0.6) is 0 Å². The van der Waals surface area contributed by atoms with Crippen molar-refractivity contribution in [3.8, 4) is 0 Å². The zero-order valence-electron chi connectivity index (χ0n) is 14.2. The molecule has 0 atom stereocenters. The maximum absolute atomic E-state index is 6.00. The van der Waals surface area contributed by atoms with E-state index in [9.17, 15) is 0 Å². The zero-order chi connectivity index (χ0) is 16.0. The predicted octanol–water partition coefficient (Wildman–Crippen LogP) is 0.528. The second-order valence-corrected chi connectivity index (χ2v) is 7.19. The molecule has 0 bridgehead atoms. The molecule has 0 aromatic carbocycles. The predicted molar refractivity (Wildman–Crippen MR) is 87.5 cm³/mol. The van der Waals surface area contributed by atoms with Crippen LogP contribution in [-0.4, -0.2) is 66.6 Å². The number of nitrogens with zero attached hydrogens (tertiary/aromatic N) is 4. The van der Waals surface area contributed by atoms with E-state index in [0.29, 0.717) is 0 Å². The van der Waals surface area contributed by atoms with E-state index in [2.05, 4.69) is 27.0 Å². The Kier molecular flexibility index (Phi) is 3.91. The first-order valence-corrected chi connectivity index (χ1v) is 7.91. The minimum atomic E-state index is -0.445. The quantitative estimate of drug-likeness (QED) is 0.743. The molecule has 3 heterocycles. The number of piperazine rings is 1. The van der Waals surface area contributed by atoms with Crippen LogP contribution in [-0.2, 0) is 9.31 Å². The summed E-state index contributed by atoms with van der Waals surface area (Å²) >= 11 is 0. The number of anilines is 1. The van der Waals surface area contributed by atoms with Crippen LogP contribution in [0.3, 0.4) is 0 Å². The Morgan fingerprint density at radius 1 is 0.955 bits per heavy atom. The third-order valence-corrected chi connectivity index (χ3v) is 4.99. The van der Waals surface area contributed by atoms with Gasteiger partial charge in [-0.2, -0.15) is 5.10 Å². The molecule has 22 heavy (non-hydrogen) atoms. The summed E-state index contributed by atoms with van der Waals surface area (Å²) in [6.07, 6.45) is 0. The standard InChI is InChI=1S/C15H25BN4O2/c1-14(2)15(3,4)22-16(21-14)12-6-7-13(18-17-12)20-10-8-19(5)9-11-20/h6-7H,8-11H2,1-5H3. The maximum Gasteiger partial charge on any atom is 0.516 e. The number of likely N-dealkylation sites (N-methyl/N-ethyl adjacent to an activating group) is 1. The SMILES string of the molecule is CN1CCN(c2ccc(B3OC(C)(C)C(C)(C)O3)nn2)CC1. The van der Waals surface area contributed by atoms with Gasteiger partial charge in [0.25, 0.3) is 0 Å². The van der Waals surface area contributed by atoms with Gasteiger partial charge in [-0.05, 0) is 46.9 Å². The summed E-state index contributed by atoms with van der Waals surface area (Å²) in [6, 6.07) is 3.97. The van der Waals surface area contributed by atoms with E-state index in [1.165, 1.54) is 0 Å². The third kappa shape index (κ3) is 2.85. The van der Waals surface area contributed by atoms with Crippen molar-refractivity contribution < 1.29 is 9.31 Å². The molecule has 3 rings (SSSR count). The van der Waals surface area contributed by atoms with Gasteiger partial charge in [-0.1, -0.05) is 0 Å². The number of rotatable bonds is 2. The Bertz CT molecular complexity index is 511. The van der Waals surface area contributed by atoms with Crippen molar-refractivity contribution in [1.29, 1.82) is 0 Å². The average molecular weight is 304 g/mol. The lowest BCUT2D eigenvalue weighted by atomic mass is 9.85. The Morgan fingerprint density at radius 3 is 2.05 bits per heavy atom. The molecule has 2 aliphatic heterocycles. The molecule has 0 aliphatic carbocycles. The van der Waals surface area contributed by atoms with Gasteiger partial charge in [0.1, 0.15) is 0 Å². The van der Waals surface area contributed by atoms with Crippen molar-refractivity contribution in [2.45, 2.75) is 38.9 Å². The molecule has 6 nitrogen and oxygen atoms in total. The van der Waals surface area contributed by atoms with Crippen molar-refractivity contribution >= 4 is 18.5 Å². The molecule has 0 radical (unpaired) electrons. The molecular weight excluding hydrogens is 279 g/mol. The summed E-state index contributed by atoms with van der Waals surface area (Å²) in [5.41, 5.74) is 0.0295. The highest BCUT2D eigenvalue weighted by atomic mass is 16.7. The topological polar surface area (TPSA) is 50.7 Å². The number of aromatic nitrogens is 2. The van der Waals surface area contributed by atoms with Crippen LogP contribution in [0.15, 0.2) is 12.1 Å². The van der Waals surface area contributed by atoms with E-state index >= 15 is 0 Å². The Hall–Kier alpha value is -1.18. The van der Waals surface area contributed by atoms with Crippen molar-refractivity contribution in [1.82, 2.24) is 15.1 Å². The van der Waals surface area contributed by atoms with Crippen LogP contribution in [0.4, 0.5) is 5.82 Å². The first-order valence-electron chi connectivity index (χ1n) is 7.91. The lowest BCUT2D eigenvalue weighted by molar-refractivity contribution is 0.00578. The molecule has 1 aromatic rings. The third-order valence-electron chi connectivity index (χ3n) is 4.99. The molecule has 0 N–H and O–H groups in total. The van der Waals surface area contributed by atoms with Gasteiger partial charge in [-0.15, -0.1) is 5.10 Å². The van der Waals surface area contributed by atoms with Gasteiger partial charge in [0.2, 0.25) is 0 Å². The van der Waals surface area contributed by atoms with Crippen molar-refractivity contribution in [3.63, 3.8) is 0 Å². The normalized spacial score (nSPS) is 24.8. The second kappa shape index (κ2) is 5.47. The molecule has 0 saturated carbocycles. The second-order valence-electron chi connectivity index (χ2n) is 7.19. The number of hydrogen-bond acceptors (Lipinski definition) is 6. The molecule has 2 fully saturated rings. The van der Waals surface area contributed by atoms with Gasteiger partial charge in [0.05, 0.1) is 16.8 Å². The van der Waals surface area contributed by atoms with Crippen LogP contribution in [0, 0.1) is 0 Å². The van der Waals surface area contributed by atoms with Crippen LogP contribution < -0.4 is 10.5 Å². The molecule has 0 amide bonds. The van der Waals surface area contributed by atoms with Crippen molar-refractivity contribution in [2.75, 3.05) is 38.1 Å². The fraction of sp³-hybridized carbons (Fsp3) is 0.733. The van der Waals surface area contributed by atoms with E-state index < -0.39 is 7.12 Å². The van der Waals surface area contributed by atoms with E-state index in [1.54, 1.807) is 0 Å². The monoisotopic (exact) mass is 304 g/mol. The largest absolute Gasteiger partial charge is 0.516 e. The summed E-state index contributed by atoms with van der Waals surface area (Å²) in [4.78, 5) is 4.59. The molecule has 7 heteroatoms. The van der Waals surface area contributed by atoms with Crippen LogP contribution in [0.1, 0.15) is 27.7 Å². The van der Waals surface area contributed by atoms with Crippen molar-refractivity contribution in [2.24, 2.45) is 0 Å². The Balaban J connectivity index is 1.70.